The molecule has 1 nitrogen and oxygen atoms in total. The Kier molecular flexibility index (Phi) is 3.90. The van der Waals surface area contributed by atoms with E-state index < -0.39 is 0 Å². The summed E-state index contributed by atoms with van der Waals surface area (Å²) in [7, 11) is 0. The predicted octanol–water partition coefficient (Wildman–Crippen LogP) is 4.96. The van der Waals surface area contributed by atoms with Crippen LogP contribution in [-0.4, -0.2) is 4.98 Å². The van der Waals surface area contributed by atoms with Crippen LogP contribution < -0.4 is 0 Å². The Labute approximate surface area is 112 Å². The van der Waals surface area contributed by atoms with Crippen LogP contribution in [0.2, 0.25) is 5.02 Å². The third kappa shape index (κ3) is 2.78. The van der Waals surface area contributed by atoms with Crippen LogP contribution in [0, 0.1) is 6.92 Å². The number of aromatic nitrogens is 1. The van der Waals surface area contributed by atoms with Crippen molar-refractivity contribution in [2.75, 3.05) is 0 Å². The highest BCUT2D eigenvalue weighted by Gasteiger charge is 2.06. The number of hydrogen-bond donors (Lipinski definition) is 0. The van der Waals surface area contributed by atoms with Crippen molar-refractivity contribution in [3.05, 3.63) is 51.6 Å². The molecular formula is C12H9BrClNS. The van der Waals surface area contributed by atoms with Gasteiger partial charge in [-0.1, -0.05) is 41.6 Å². The van der Waals surface area contributed by atoms with Gasteiger partial charge < -0.3 is 0 Å². The van der Waals surface area contributed by atoms with Gasteiger partial charge in [0.25, 0.3) is 0 Å². The number of halogens is 2. The monoisotopic (exact) mass is 313 g/mol. The maximum absolute atomic E-state index is 6.12. The molecule has 0 saturated carbocycles. The average molecular weight is 315 g/mol. The van der Waals surface area contributed by atoms with E-state index in [2.05, 4.69) is 40.0 Å². The quantitative estimate of drug-likeness (QED) is 0.777. The van der Waals surface area contributed by atoms with Gasteiger partial charge in [-0.05, 0) is 40.5 Å². The summed E-state index contributed by atoms with van der Waals surface area (Å²) in [6.07, 6.45) is 1.76. The Balaban J connectivity index is 2.31. The SMILES string of the molecule is Cc1ccccc1Sc1ncc(Br)cc1Cl. The molecule has 4 heteroatoms. The van der Waals surface area contributed by atoms with Crippen LogP contribution in [0.15, 0.2) is 50.9 Å². The lowest BCUT2D eigenvalue weighted by molar-refractivity contribution is 1.12. The maximum Gasteiger partial charge on any atom is 0.119 e. The van der Waals surface area contributed by atoms with E-state index in [4.69, 9.17) is 11.6 Å². The minimum atomic E-state index is 0.669. The Bertz CT molecular complexity index is 516. The summed E-state index contributed by atoms with van der Waals surface area (Å²) in [5, 5.41) is 1.50. The van der Waals surface area contributed by atoms with Crippen LogP contribution in [0.3, 0.4) is 0 Å². The topological polar surface area (TPSA) is 12.9 Å². The maximum atomic E-state index is 6.12. The van der Waals surface area contributed by atoms with Crippen LogP contribution in [0.1, 0.15) is 5.56 Å². The van der Waals surface area contributed by atoms with Crippen molar-refractivity contribution in [2.45, 2.75) is 16.8 Å². The van der Waals surface area contributed by atoms with Gasteiger partial charge in [0.2, 0.25) is 0 Å². The molecule has 0 fully saturated rings. The van der Waals surface area contributed by atoms with Gasteiger partial charge in [0.05, 0.1) is 5.02 Å². The van der Waals surface area contributed by atoms with Crippen molar-refractivity contribution in [1.29, 1.82) is 0 Å². The third-order valence-electron chi connectivity index (χ3n) is 2.07. The standard InChI is InChI=1S/C12H9BrClNS/c1-8-4-2-3-5-11(8)16-12-10(14)6-9(13)7-15-12/h2-7H,1H3. The first-order valence-corrected chi connectivity index (χ1v) is 6.70. The molecular weight excluding hydrogens is 306 g/mol. The van der Waals surface area contributed by atoms with Gasteiger partial charge in [-0.25, -0.2) is 4.98 Å². The van der Waals surface area contributed by atoms with E-state index in [0.717, 1.165) is 9.50 Å². The summed E-state index contributed by atoms with van der Waals surface area (Å²) in [5.74, 6) is 0. The van der Waals surface area contributed by atoms with E-state index in [1.165, 1.54) is 10.5 Å². The number of benzene rings is 1. The molecule has 1 aromatic carbocycles. The average Bonchev–Trinajstić information content (AvgIpc) is 2.25. The van der Waals surface area contributed by atoms with E-state index in [0.29, 0.717) is 5.02 Å². The van der Waals surface area contributed by atoms with Crippen molar-refractivity contribution >= 4 is 39.3 Å². The lowest BCUT2D eigenvalue weighted by Gasteiger charge is -2.05. The number of pyridine rings is 1. The molecule has 0 atom stereocenters. The molecule has 2 aromatic rings. The Hall–Kier alpha value is -0.510. The molecule has 1 aromatic heterocycles. The zero-order valence-corrected chi connectivity index (χ0v) is 11.7. The molecule has 16 heavy (non-hydrogen) atoms. The van der Waals surface area contributed by atoms with E-state index in [1.54, 1.807) is 18.0 Å². The van der Waals surface area contributed by atoms with Gasteiger partial charge in [-0.15, -0.1) is 0 Å². The van der Waals surface area contributed by atoms with Crippen LogP contribution in [0.4, 0.5) is 0 Å². The molecule has 0 saturated heterocycles. The first kappa shape index (κ1) is 12.0. The van der Waals surface area contributed by atoms with E-state index in [-0.39, 0.29) is 0 Å². The molecule has 0 aliphatic rings. The molecule has 0 radical (unpaired) electrons. The van der Waals surface area contributed by atoms with Crippen LogP contribution in [0.5, 0.6) is 0 Å². The summed E-state index contributed by atoms with van der Waals surface area (Å²) in [6.45, 7) is 2.08. The summed E-state index contributed by atoms with van der Waals surface area (Å²) in [4.78, 5) is 5.48. The number of nitrogens with zero attached hydrogens (tertiary/aromatic N) is 1. The first-order valence-electron chi connectivity index (χ1n) is 4.71. The molecule has 0 unspecified atom stereocenters. The second kappa shape index (κ2) is 5.21. The first-order chi connectivity index (χ1) is 7.66. The smallest absolute Gasteiger partial charge is 0.119 e. The minimum absolute atomic E-state index is 0.669. The second-order valence-corrected chi connectivity index (χ2v) is 5.66. The fraction of sp³-hybridized carbons (Fsp3) is 0.0833. The highest BCUT2D eigenvalue weighted by atomic mass is 79.9. The van der Waals surface area contributed by atoms with Gasteiger partial charge >= 0.3 is 0 Å². The Morgan fingerprint density at radius 2 is 2.06 bits per heavy atom. The summed E-state index contributed by atoms with van der Waals surface area (Å²) >= 11 is 11.0. The fourth-order valence-electron chi connectivity index (χ4n) is 1.25. The third-order valence-corrected chi connectivity index (χ3v) is 4.10. The molecule has 0 aliphatic heterocycles. The van der Waals surface area contributed by atoms with Gasteiger partial charge in [0.1, 0.15) is 5.03 Å². The van der Waals surface area contributed by atoms with Gasteiger partial charge in [0, 0.05) is 15.6 Å². The van der Waals surface area contributed by atoms with Crippen molar-refractivity contribution < 1.29 is 0 Å². The van der Waals surface area contributed by atoms with Gasteiger partial charge in [0.15, 0.2) is 0 Å². The number of hydrogen-bond acceptors (Lipinski definition) is 2. The number of aryl methyl sites for hydroxylation is 1. The molecule has 0 N–H and O–H groups in total. The molecule has 0 aliphatic carbocycles. The highest BCUT2D eigenvalue weighted by molar-refractivity contribution is 9.10. The van der Waals surface area contributed by atoms with Crippen molar-refractivity contribution in [3.63, 3.8) is 0 Å². The summed E-state index contributed by atoms with van der Waals surface area (Å²) in [5.41, 5.74) is 1.23. The van der Waals surface area contributed by atoms with Gasteiger partial charge in [-0.3, -0.25) is 0 Å². The normalized spacial score (nSPS) is 10.4. The highest BCUT2D eigenvalue weighted by Crippen LogP contribution is 2.34. The molecule has 0 spiro atoms. The minimum Gasteiger partial charge on any atom is -0.247 e. The zero-order valence-electron chi connectivity index (χ0n) is 8.58. The molecule has 0 bridgehead atoms. The van der Waals surface area contributed by atoms with Crippen LogP contribution >= 0.6 is 39.3 Å². The summed E-state index contributed by atoms with van der Waals surface area (Å²) in [6, 6.07) is 10.0. The number of rotatable bonds is 2. The zero-order chi connectivity index (χ0) is 11.5. The van der Waals surface area contributed by atoms with Crippen LogP contribution in [0.25, 0.3) is 0 Å². The lowest BCUT2D eigenvalue weighted by atomic mass is 10.2. The second-order valence-electron chi connectivity index (χ2n) is 3.31. The van der Waals surface area contributed by atoms with E-state index in [9.17, 15) is 0 Å². The molecule has 1 heterocycles. The van der Waals surface area contributed by atoms with Gasteiger partial charge in [-0.2, -0.15) is 0 Å². The predicted molar refractivity (Wildman–Crippen MR) is 72.2 cm³/mol. The van der Waals surface area contributed by atoms with Crippen molar-refractivity contribution in [1.82, 2.24) is 4.98 Å². The van der Waals surface area contributed by atoms with Crippen molar-refractivity contribution in [3.8, 4) is 0 Å². The fourth-order valence-corrected chi connectivity index (χ4v) is 2.84. The Morgan fingerprint density at radius 1 is 1.31 bits per heavy atom. The van der Waals surface area contributed by atoms with E-state index >= 15 is 0 Å². The largest absolute Gasteiger partial charge is 0.247 e. The van der Waals surface area contributed by atoms with Crippen molar-refractivity contribution in [2.24, 2.45) is 0 Å². The van der Waals surface area contributed by atoms with Crippen LogP contribution in [-0.2, 0) is 0 Å². The molecule has 0 amide bonds. The summed E-state index contributed by atoms with van der Waals surface area (Å²) < 4.78 is 0.895. The Morgan fingerprint density at radius 3 is 2.75 bits per heavy atom. The molecule has 2 rings (SSSR count). The van der Waals surface area contributed by atoms with E-state index in [1.807, 2.05) is 18.2 Å². The lowest BCUT2D eigenvalue weighted by Crippen LogP contribution is -1.84. The molecule has 82 valence electrons.